The summed E-state index contributed by atoms with van der Waals surface area (Å²) in [7, 11) is 0. The molecule has 0 radical (unpaired) electrons. The second-order valence-corrected chi connectivity index (χ2v) is 8.86. The van der Waals surface area contributed by atoms with Gasteiger partial charge in [0, 0.05) is 23.7 Å². The van der Waals surface area contributed by atoms with Gasteiger partial charge in [0.1, 0.15) is 5.76 Å². The molecule has 1 aliphatic heterocycles. The van der Waals surface area contributed by atoms with Gasteiger partial charge < -0.3 is 13.9 Å². The van der Waals surface area contributed by atoms with E-state index in [1.54, 1.807) is 30.3 Å². The number of furan rings is 1. The highest BCUT2D eigenvalue weighted by Gasteiger charge is 2.22. The number of hydrogen-bond acceptors (Lipinski definition) is 4. The summed E-state index contributed by atoms with van der Waals surface area (Å²) in [5, 5.41) is 0.374. The molecule has 3 aromatic rings. The van der Waals surface area contributed by atoms with Crippen LogP contribution in [0.15, 0.2) is 45.8 Å². The molecule has 8 heteroatoms. The lowest BCUT2D eigenvalue weighted by molar-refractivity contribution is 0.0759. The maximum atomic E-state index is 12.7. The first-order valence-corrected chi connectivity index (χ1v) is 11.0. The van der Waals surface area contributed by atoms with E-state index in [1.807, 2.05) is 29.4 Å². The van der Waals surface area contributed by atoms with Crippen LogP contribution in [0.1, 0.15) is 50.1 Å². The lowest BCUT2D eigenvalue weighted by atomic mass is 10.2. The molecule has 30 heavy (non-hydrogen) atoms. The molecule has 1 fully saturated rings. The van der Waals surface area contributed by atoms with Crippen LogP contribution in [-0.2, 0) is 6.54 Å². The van der Waals surface area contributed by atoms with E-state index in [1.165, 1.54) is 11.3 Å². The Labute approximate surface area is 183 Å². The molecular formula is C22H22ClN3O3S. The van der Waals surface area contributed by atoms with E-state index >= 15 is 0 Å². The van der Waals surface area contributed by atoms with Crippen LogP contribution in [0.25, 0.3) is 0 Å². The van der Waals surface area contributed by atoms with Crippen molar-refractivity contribution in [2.24, 2.45) is 4.99 Å². The van der Waals surface area contributed by atoms with Crippen molar-refractivity contribution in [3.8, 4) is 0 Å². The number of benzene rings is 1. The van der Waals surface area contributed by atoms with Crippen LogP contribution < -0.4 is 4.80 Å². The Bertz CT molecular complexity index is 1170. The lowest BCUT2D eigenvalue weighted by Crippen LogP contribution is -2.27. The Morgan fingerprint density at radius 3 is 2.60 bits per heavy atom. The third kappa shape index (κ3) is 4.13. The number of hydrogen-bond donors (Lipinski definition) is 0. The van der Waals surface area contributed by atoms with Gasteiger partial charge in [0.2, 0.25) is 0 Å². The van der Waals surface area contributed by atoms with Crippen LogP contribution in [0.5, 0.6) is 0 Å². The average molecular weight is 444 g/mol. The molecule has 0 saturated carbocycles. The predicted molar refractivity (Wildman–Crippen MR) is 116 cm³/mol. The minimum absolute atomic E-state index is 0.0687. The Balaban J connectivity index is 1.62. The molecule has 3 heterocycles. The topological polar surface area (TPSA) is 67.8 Å². The van der Waals surface area contributed by atoms with Crippen LogP contribution in [0.3, 0.4) is 0 Å². The smallest absolute Gasteiger partial charge is 0.289 e. The van der Waals surface area contributed by atoms with Gasteiger partial charge in [0.25, 0.3) is 11.8 Å². The zero-order chi connectivity index (χ0) is 21.3. The van der Waals surface area contributed by atoms with Crippen molar-refractivity contribution in [1.82, 2.24) is 9.47 Å². The number of nitrogens with zero attached hydrogens (tertiary/aromatic N) is 3. The van der Waals surface area contributed by atoms with Crippen LogP contribution >= 0.6 is 22.9 Å². The van der Waals surface area contributed by atoms with Crippen molar-refractivity contribution >= 4 is 34.8 Å². The van der Waals surface area contributed by atoms with E-state index in [-0.39, 0.29) is 11.8 Å². The van der Waals surface area contributed by atoms with Crippen LogP contribution in [0, 0.1) is 13.8 Å². The van der Waals surface area contributed by atoms with Gasteiger partial charge in [0.15, 0.2) is 10.6 Å². The predicted octanol–water partition coefficient (Wildman–Crippen LogP) is 4.44. The molecule has 0 unspecified atom stereocenters. The lowest BCUT2D eigenvalue weighted by Gasteiger charge is -2.12. The highest BCUT2D eigenvalue weighted by atomic mass is 35.5. The molecule has 2 aromatic heterocycles. The summed E-state index contributed by atoms with van der Waals surface area (Å²) in [5.74, 6) is 0.536. The quantitative estimate of drug-likeness (QED) is 0.598. The van der Waals surface area contributed by atoms with E-state index < -0.39 is 0 Å². The SMILES string of the molecule is Cc1sc(=NC(=O)c2ccccc2Cl)n(Cc2ccc(C(=O)N3CCCC3)o2)c1C. The summed E-state index contributed by atoms with van der Waals surface area (Å²) in [6.07, 6.45) is 2.07. The van der Waals surface area contributed by atoms with Crippen molar-refractivity contribution in [1.29, 1.82) is 0 Å². The van der Waals surface area contributed by atoms with Gasteiger partial charge in [0.05, 0.1) is 17.1 Å². The number of rotatable bonds is 4. The van der Waals surface area contributed by atoms with Gasteiger partial charge in [-0.3, -0.25) is 9.59 Å². The molecule has 0 N–H and O–H groups in total. The van der Waals surface area contributed by atoms with E-state index in [2.05, 4.69) is 4.99 Å². The summed E-state index contributed by atoms with van der Waals surface area (Å²) >= 11 is 7.58. The summed E-state index contributed by atoms with van der Waals surface area (Å²) in [4.78, 5) is 33.0. The molecule has 0 aliphatic carbocycles. The second kappa shape index (κ2) is 8.62. The van der Waals surface area contributed by atoms with Crippen molar-refractivity contribution < 1.29 is 14.0 Å². The Morgan fingerprint density at radius 2 is 1.87 bits per heavy atom. The van der Waals surface area contributed by atoms with Gasteiger partial charge in [-0.15, -0.1) is 11.3 Å². The zero-order valence-corrected chi connectivity index (χ0v) is 18.4. The first-order valence-electron chi connectivity index (χ1n) is 9.82. The number of carbonyl (C=O) groups excluding carboxylic acids is 2. The van der Waals surface area contributed by atoms with E-state index in [0.29, 0.717) is 33.5 Å². The maximum absolute atomic E-state index is 12.7. The molecule has 0 spiro atoms. The van der Waals surface area contributed by atoms with E-state index in [4.69, 9.17) is 16.0 Å². The fraction of sp³-hybridized carbons (Fsp3) is 0.318. The minimum Gasteiger partial charge on any atom is -0.454 e. The molecule has 0 bridgehead atoms. The highest BCUT2D eigenvalue weighted by Crippen LogP contribution is 2.19. The number of carbonyl (C=O) groups is 2. The number of aryl methyl sites for hydroxylation is 1. The van der Waals surface area contributed by atoms with Gasteiger partial charge >= 0.3 is 0 Å². The van der Waals surface area contributed by atoms with Crippen molar-refractivity contribution in [2.45, 2.75) is 33.2 Å². The average Bonchev–Trinajstić information content (AvgIpc) is 3.47. The van der Waals surface area contributed by atoms with Crippen LogP contribution in [-0.4, -0.2) is 34.4 Å². The zero-order valence-electron chi connectivity index (χ0n) is 16.9. The van der Waals surface area contributed by atoms with Gasteiger partial charge in [-0.05, 0) is 51.0 Å². The Kier molecular flexibility index (Phi) is 5.92. The molecule has 4 rings (SSSR count). The summed E-state index contributed by atoms with van der Waals surface area (Å²) in [6, 6.07) is 10.4. The third-order valence-corrected chi connectivity index (χ3v) is 6.70. The number of halogens is 1. The maximum Gasteiger partial charge on any atom is 0.289 e. The van der Waals surface area contributed by atoms with Gasteiger partial charge in [-0.25, -0.2) is 0 Å². The van der Waals surface area contributed by atoms with Crippen LogP contribution in [0.2, 0.25) is 5.02 Å². The second-order valence-electron chi connectivity index (χ2n) is 7.27. The number of likely N-dealkylation sites (tertiary alicyclic amines) is 1. The molecule has 156 valence electrons. The largest absolute Gasteiger partial charge is 0.454 e. The monoisotopic (exact) mass is 443 g/mol. The number of thiazole rings is 1. The first-order chi connectivity index (χ1) is 14.4. The normalized spacial score (nSPS) is 14.5. The Morgan fingerprint density at radius 1 is 1.13 bits per heavy atom. The number of amides is 2. The third-order valence-electron chi connectivity index (χ3n) is 5.27. The van der Waals surface area contributed by atoms with Crippen molar-refractivity contribution in [2.75, 3.05) is 13.1 Å². The van der Waals surface area contributed by atoms with E-state index in [9.17, 15) is 9.59 Å². The fourth-order valence-corrected chi connectivity index (χ4v) is 4.65. The van der Waals surface area contributed by atoms with Crippen molar-refractivity contribution in [3.63, 3.8) is 0 Å². The molecule has 1 saturated heterocycles. The summed E-state index contributed by atoms with van der Waals surface area (Å²) in [5.41, 5.74) is 1.36. The molecule has 1 aromatic carbocycles. The van der Waals surface area contributed by atoms with E-state index in [0.717, 1.165) is 36.5 Å². The van der Waals surface area contributed by atoms with Gasteiger partial charge in [-0.1, -0.05) is 23.7 Å². The van der Waals surface area contributed by atoms with Gasteiger partial charge in [-0.2, -0.15) is 4.99 Å². The minimum atomic E-state index is -0.389. The fourth-order valence-electron chi connectivity index (χ4n) is 3.46. The highest BCUT2D eigenvalue weighted by molar-refractivity contribution is 7.09. The summed E-state index contributed by atoms with van der Waals surface area (Å²) in [6.45, 7) is 5.90. The molecule has 2 amide bonds. The molecule has 0 atom stereocenters. The van der Waals surface area contributed by atoms with Crippen LogP contribution in [0.4, 0.5) is 0 Å². The Hall–Kier alpha value is -2.64. The molecule has 1 aliphatic rings. The summed E-state index contributed by atoms with van der Waals surface area (Å²) < 4.78 is 7.76. The molecular weight excluding hydrogens is 422 g/mol. The number of aromatic nitrogens is 1. The molecule has 6 nitrogen and oxygen atoms in total. The standard InChI is InChI=1S/C22H22ClN3O3S/c1-14-15(2)30-22(24-20(27)17-7-3-4-8-18(17)23)26(14)13-16-9-10-19(29-16)21(28)25-11-5-6-12-25/h3-4,7-10H,5-6,11-13H2,1-2H3. The first kappa shape index (κ1) is 20.6. The van der Waals surface area contributed by atoms with Crippen molar-refractivity contribution in [3.05, 3.63) is 73.9 Å².